The highest BCUT2D eigenvalue weighted by molar-refractivity contribution is 14.0. The summed E-state index contributed by atoms with van der Waals surface area (Å²) in [5.74, 6) is 0.601. The number of halogens is 4. The molecule has 1 fully saturated rings. The fourth-order valence-corrected chi connectivity index (χ4v) is 3.93. The molecule has 3 rings (SSSR count). The normalized spacial score (nSPS) is 15.4. The first-order valence-electron chi connectivity index (χ1n) is 9.78. The van der Waals surface area contributed by atoms with E-state index in [2.05, 4.69) is 37.6 Å². The quantitative estimate of drug-likeness (QED) is 0.304. The van der Waals surface area contributed by atoms with E-state index in [0.29, 0.717) is 30.5 Å². The molecule has 0 aliphatic carbocycles. The molecule has 0 unspecified atom stereocenters. The van der Waals surface area contributed by atoms with Gasteiger partial charge in [0.2, 0.25) is 0 Å². The monoisotopic (exact) mass is 569 g/mol. The third-order valence-corrected chi connectivity index (χ3v) is 5.67. The van der Waals surface area contributed by atoms with E-state index in [1.807, 2.05) is 12.1 Å². The van der Waals surface area contributed by atoms with Crippen molar-refractivity contribution in [1.29, 1.82) is 0 Å². The average molecular weight is 569 g/mol. The molecule has 172 valence electrons. The van der Waals surface area contributed by atoms with Gasteiger partial charge in [0.25, 0.3) is 0 Å². The highest BCUT2D eigenvalue weighted by atomic mass is 127. The summed E-state index contributed by atoms with van der Waals surface area (Å²) in [5.41, 5.74) is 1.60. The minimum Gasteiger partial charge on any atom is -0.379 e. The summed E-state index contributed by atoms with van der Waals surface area (Å²) < 4.78 is 43.3. The average Bonchev–Trinajstić information content (AvgIpc) is 3.22. The van der Waals surface area contributed by atoms with Crippen LogP contribution < -0.4 is 10.6 Å². The number of guanidine groups is 1. The lowest BCUT2D eigenvalue weighted by molar-refractivity contribution is -0.140. The van der Waals surface area contributed by atoms with E-state index in [9.17, 15) is 13.2 Å². The number of alkyl halides is 3. The van der Waals surface area contributed by atoms with Crippen molar-refractivity contribution in [3.63, 3.8) is 0 Å². The highest BCUT2D eigenvalue weighted by Gasteiger charge is 2.33. The standard InChI is InChI=1S/C20H26F3N5OS.HI/c1-24-19(25-7-6-18-27-17(14-30-18)20(21,22)23)26-12-15-4-2-3-5-16(15)13-28-8-10-29-11-9-28;/h2-5,14H,6-13H2,1H3,(H2,24,25,26);1H. The lowest BCUT2D eigenvalue weighted by atomic mass is 10.1. The van der Waals surface area contributed by atoms with E-state index in [4.69, 9.17) is 4.74 Å². The third kappa shape index (κ3) is 8.20. The van der Waals surface area contributed by atoms with Gasteiger partial charge < -0.3 is 15.4 Å². The molecule has 2 aromatic rings. The van der Waals surface area contributed by atoms with Gasteiger partial charge in [-0.2, -0.15) is 13.2 Å². The van der Waals surface area contributed by atoms with Crippen LogP contribution in [-0.4, -0.2) is 55.7 Å². The Morgan fingerprint density at radius 2 is 1.90 bits per heavy atom. The first-order chi connectivity index (χ1) is 14.5. The van der Waals surface area contributed by atoms with Gasteiger partial charge in [-0.15, -0.1) is 35.3 Å². The van der Waals surface area contributed by atoms with Crippen molar-refractivity contribution >= 4 is 41.3 Å². The van der Waals surface area contributed by atoms with Crippen LogP contribution in [0.1, 0.15) is 21.8 Å². The third-order valence-electron chi connectivity index (χ3n) is 4.76. The van der Waals surface area contributed by atoms with E-state index < -0.39 is 11.9 Å². The van der Waals surface area contributed by atoms with Crippen LogP contribution in [0, 0.1) is 0 Å². The van der Waals surface area contributed by atoms with Gasteiger partial charge in [-0.25, -0.2) is 4.98 Å². The van der Waals surface area contributed by atoms with Gasteiger partial charge in [0, 0.05) is 51.6 Å². The fraction of sp³-hybridized carbons (Fsp3) is 0.500. The van der Waals surface area contributed by atoms with E-state index in [1.165, 1.54) is 11.1 Å². The molecule has 1 aliphatic rings. The Labute approximate surface area is 201 Å². The Bertz CT molecular complexity index is 840. The zero-order chi connectivity index (χ0) is 21.4. The summed E-state index contributed by atoms with van der Waals surface area (Å²) in [6, 6.07) is 8.26. The zero-order valence-electron chi connectivity index (χ0n) is 17.2. The van der Waals surface area contributed by atoms with Gasteiger partial charge in [-0.3, -0.25) is 9.89 Å². The molecule has 11 heteroatoms. The molecule has 2 N–H and O–H groups in total. The minimum absolute atomic E-state index is 0. The van der Waals surface area contributed by atoms with Gasteiger partial charge in [-0.05, 0) is 11.1 Å². The van der Waals surface area contributed by atoms with Crippen LogP contribution in [0.15, 0.2) is 34.6 Å². The number of morpholine rings is 1. The number of aliphatic imine (C=N–C) groups is 1. The molecule has 2 heterocycles. The molecule has 31 heavy (non-hydrogen) atoms. The summed E-state index contributed by atoms with van der Waals surface area (Å²) >= 11 is 1.02. The molecular weight excluding hydrogens is 542 g/mol. The number of nitrogens with one attached hydrogen (secondary N) is 2. The summed E-state index contributed by atoms with van der Waals surface area (Å²) in [6.07, 6.45) is -4.00. The SMILES string of the molecule is CN=C(NCCc1nc(C(F)(F)F)cs1)NCc1ccccc1CN1CCOCC1.I. The van der Waals surface area contributed by atoms with Crippen molar-refractivity contribution < 1.29 is 17.9 Å². The second kappa shape index (κ2) is 12.6. The Hall–Kier alpha value is -1.44. The number of aromatic nitrogens is 1. The lowest BCUT2D eigenvalue weighted by Gasteiger charge is -2.27. The molecule has 0 saturated carbocycles. The summed E-state index contributed by atoms with van der Waals surface area (Å²) in [4.78, 5) is 10.2. The number of nitrogens with zero attached hydrogens (tertiary/aromatic N) is 3. The molecule has 1 aromatic carbocycles. The molecule has 6 nitrogen and oxygen atoms in total. The van der Waals surface area contributed by atoms with Crippen LogP contribution in [-0.2, 0) is 30.4 Å². The van der Waals surface area contributed by atoms with E-state index >= 15 is 0 Å². The molecule has 0 amide bonds. The number of benzene rings is 1. The Morgan fingerprint density at radius 3 is 2.55 bits per heavy atom. The maximum Gasteiger partial charge on any atom is 0.434 e. The van der Waals surface area contributed by atoms with Gasteiger partial charge in [0.15, 0.2) is 11.7 Å². The molecule has 1 aliphatic heterocycles. The zero-order valence-corrected chi connectivity index (χ0v) is 20.4. The van der Waals surface area contributed by atoms with Crippen LogP contribution >= 0.6 is 35.3 Å². The molecule has 0 atom stereocenters. The molecule has 1 saturated heterocycles. The van der Waals surface area contributed by atoms with Gasteiger partial charge >= 0.3 is 6.18 Å². The summed E-state index contributed by atoms with van der Waals surface area (Å²) in [5, 5.41) is 7.91. The Balaban J connectivity index is 0.00000341. The molecule has 0 spiro atoms. The summed E-state index contributed by atoms with van der Waals surface area (Å²) in [7, 11) is 1.67. The second-order valence-electron chi connectivity index (χ2n) is 6.88. The predicted octanol–water partition coefficient (Wildman–Crippen LogP) is 3.52. The van der Waals surface area contributed by atoms with Gasteiger partial charge in [0.05, 0.1) is 18.2 Å². The minimum atomic E-state index is -4.39. The molecule has 0 radical (unpaired) electrons. The number of ether oxygens (including phenoxy) is 1. The molecular formula is C20H27F3IN5OS. The molecule has 0 bridgehead atoms. The number of hydrogen-bond donors (Lipinski definition) is 2. The van der Waals surface area contributed by atoms with Crippen LogP contribution in [0.25, 0.3) is 0 Å². The van der Waals surface area contributed by atoms with Crippen molar-refractivity contribution in [3.05, 3.63) is 51.5 Å². The highest BCUT2D eigenvalue weighted by Crippen LogP contribution is 2.30. The van der Waals surface area contributed by atoms with Crippen LogP contribution in [0.2, 0.25) is 0 Å². The van der Waals surface area contributed by atoms with Crippen molar-refractivity contribution in [2.24, 2.45) is 4.99 Å². The van der Waals surface area contributed by atoms with Crippen molar-refractivity contribution in [1.82, 2.24) is 20.5 Å². The summed E-state index contributed by atoms with van der Waals surface area (Å²) in [6.45, 7) is 5.31. The largest absolute Gasteiger partial charge is 0.434 e. The van der Waals surface area contributed by atoms with E-state index in [0.717, 1.165) is 49.6 Å². The van der Waals surface area contributed by atoms with Crippen LogP contribution in [0.4, 0.5) is 13.2 Å². The van der Waals surface area contributed by atoms with Crippen LogP contribution in [0.5, 0.6) is 0 Å². The smallest absolute Gasteiger partial charge is 0.379 e. The topological polar surface area (TPSA) is 61.8 Å². The van der Waals surface area contributed by atoms with E-state index in [-0.39, 0.29) is 24.0 Å². The molecule has 1 aromatic heterocycles. The maximum atomic E-state index is 12.6. The number of rotatable bonds is 7. The van der Waals surface area contributed by atoms with Gasteiger partial charge in [0.1, 0.15) is 0 Å². The van der Waals surface area contributed by atoms with Crippen molar-refractivity contribution in [2.45, 2.75) is 25.7 Å². The first-order valence-corrected chi connectivity index (χ1v) is 10.7. The first kappa shape index (κ1) is 25.8. The predicted molar refractivity (Wildman–Crippen MR) is 127 cm³/mol. The lowest BCUT2D eigenvalue weighted by Crippen LogP contribution is -2.38. The van der Waals surface area contributed by atoms with Gasteiger partial charge in [-0.1, -0.05) is 24.3 Å². The number of thiazole rings is 1. The van der Waals surface area contributed by atoms with Crippen molar-refractivity contribution in [3.8, 4) is 0 Å². The Morgan fingerprint density at radius 1 is 1.19 bits per heavy atom. The van der Waals surface area contributed by atoms with Crippen LogP contribution in [0.3, 0.4) is 0 Å². The van der Waals surface area contributed by atoms with Crippen molar-refractivity contribution in [2.75, 3.05) is 39.9 Å². The maximum absolute atomic E-state index is 12.6. The Kier molecular flexibility index (Phi) is 10.5. The second-order valence-corrected chi connectivity index (χ2v) is 7.83. The number of hydrogen-bond acceptors (Lipinski definition) is 5. The fourth-order valence-electron chi connectivity index (χ4n) is 3.13. The van der Waals surface area contributed by atoms with E-state index in [1.54, 1.807) is 7.05 Å².